The monoisotopic (exact) mass is 270 g/mol. The van der Waals surface area contributed by atoms with Gasteiger partial charge in [-0.05, 0) is 38.1 Å². The second kappa shape index (κ2) is 8.54. The van der Waals surface area contributed by atoms with E-state index in [9.17, 15) is 9.90 Å². The average Bonchev–Trinajstić information content (AvgIpc) is 2.86. The first kappa shape index (κ1) is 16.4. The van der Waals surface area contributed by atoms with E-state index >= 15 is 0 Å². The van der Waals surface area contributed by atoms with E-state index in [4.69, 9.17) is 5.73 Å². The summed E-state index contributed by atoms with van der Waals surface area (Å²) in [6.45, 7) is 2.94. The molecule has 1 rings (SSSR count). The number of aliphatic hydroxyl groups excluding tert-OH is 1. The molecule has 1 unspecified atom stereocenters. The molecule has 1 fully saturated rings. The van der Waals surface area contributed by atoms with E-state index < -0.39 is 0 Å². The number of nitrogens with one attached hydrogen (secondary N) is 1. The van der Waals surface area contributed by atoms with Crippen LogP contribution in [0.3, 0.4) is 0 Å². The predicted octanol–water partition coefficient (Wildman–Crippen LogP) is 1.95. The van der Waals surface area contributed by atoms with Gasteiger partial charge in [0.2, 0.25) is 5.91 Å². The SMILES string of the molecule is CCCC(CCN)CCC(=O)NC1(CO)CCCC1. The number of carbonyl (C=O) groups is 1. The molecular weight excluding hydrogens is 240 g/mol. The molecule has 0 spiro atoms. The molecule has 1 aliphatic carbocycles. The molecular formula is C15H30N2O2. The van der Waals surface area contributed by atoms with Crippen molar-refractivity contribution in [1.29, 1.82) is 0 Å². The number of rotatable bonds is 9. The summed E-state index contributed by atoms with van der Waals surface area (Å²) in [5, 5.41) is 12.5. The Morgan fingerprint density at radius 1 is 1.32 bits per heavy atom. The van der Waals surface area contributed by atoms with Crippen LogP contribution in [0.5, 0.6) is 0 Å². The Balaban J connectivity index is 2.33. The number of amides is 1. The highest BCUT2D eigenvalue weighted by atomic mass is 16.3. The fourth-order valence-electron chi connectivity index (χ4n) is 3.14. The summed E-state index contributed by atoms with van der Waals surface area (Å²) in [6.07, 6.45) is 8.81. The number of nitrogens with two attached hydrogens (primary N) is 1. The zero-order valence-corrected chi connectivity index (χ0v) is 12.3. The van der Waals surface area contributed by atoms with E-state index in [-0.39, 0.29) is 18.1 Å². The van der Waals surface area contributed by atoms with Crippen molar-refractivity contribution >= 4 is 5.91 Å². The number of aliphatic hydroxyl groups is 1. The molecule has 0 aromatic heterocycles. The minimum absolute atomic E-state index is 0.0694. The lowest BCUT2D eigenvalue weighted by Crippen LogP contribution is -2.49. The van der Waals surface area contributed by atoms with Crippen LogP contribution in [0.4, 0.5) is 0 Å². The summed E-state index contributed by atoms with van der Waals surface area (Å²) in [7, 11) is 0. The summed E-state index contributed by atoms with van der Waals surface area (Å²) in [6, 6.07) is 0. The van der Waals surface area contributed by atoms with Crippen molar-refractivity contribution in [2.24, 2.45) is 11.7 Å². The van der Waals surface area contributed by atoms with Crippen molar-refractivity contribution in [2.45, 2.75) is 70.3 Å². The number of hydrogen-bond donors (Lipinski definition) is 3. The lowest BCUT2D eigenvalue weighted by Gasteiger charge is -2.28. The third kappa shape index (κ3) is 5.49. The van der Waals surface area contributed by atoms with Crippen molar-refractivity contribution in [3.63, 3.8) is 0 Å². The maximum atomic E-state index is 12.0. The normalized spacial score (nSPS) is 19.3. The van der Waals surface area contributed by atoms with Crippen LogP contribution in [-0.2, 0) is 4.79 Å². The highest BCUT2D eigenvalue weighted by Crippen LogP contribution is 2.29. The Morgan fingerprint density at radius 2 is 2.00 bits per heavy atom. The van der Waals surface area contributed by atoms with Crippen LogP contribution >= 0.6 is 0 Å². The Hall–Kier alpha value is -0.610. The highest BCUT2D eigenvalue weighted by Gasteiger charge is 2.34. The minimum Gasteiger partial charge on any atom is -0.394 e. The fourth-order valence-corrected chi connectivity index (χ4v) is 3.14. The first-order valence-corrected chi connectivity index (χ1v) is 7.77. The van der Waals surface area contributed by atoms with Crippen LogP contribution in [0, 0.1) is 5.92 Å². The summed E-state index contributed by atoms with van der Waals surface area (Å²) in [5.41, 5.74) is 5.28. The standard InChI is InChI=1S/C15H30N2O2/c1-2-5-13(8-11-16)6-7-14(19)17-15(12-18)9-3-4-10-15/h13,18H,2-12,16H2,1H3,(H,17,19). The molecule has 0 bridgehead atoms. The molecule has 0 heterocycles. The Kier molecular flexibility index (Phi) is 7.39. The lowest BCUT2D eigenvalue weighted by molar-refractivity contribution is -0.123. The average molecular weight is 270 g/mol. The second-order valence-corrected chi connectivity index (χ2v) is 5.96. The van der Waals surface area contributed by atoms with E-state index in [1.54, 1.807) is 0 Å². The topological polar surface area (TPSA) is 75.4 Å². The van der Waals surface area contributed by atoms with E-state index in [1.165, 1.54) is 0 Å². The van der Waals surface area contributed by atoms with Gasteiger partial charge >= 0.3 is 0 Å². The van der Waals surface area contributed by atoms with E-state index in [0.717, 1.165) is 51.4 Å². The summed E-state index contributed by atoms with van der Waals surface area (Å²) in [4.78, 5) is 12.0. The van der Waals surface area contributed by atoms with Gasteiger partial charge in [-0.15, -0.1) is 0 Å². The molecule has 1 saturated carbocycles. The maximum Gasteiger partial charge on any atom is 0.220 e. The molecule has 0 aromatic carbocycles. The van der Waals surface area contributed by atoms with Crippen molar-refractivity contribution in [2.75, 3.05) is 13.2 Å². The smallest absolute Gasteiger partial charge is 0.220 e. The highest BCUT2D eigenvalue weighted by molar-refractivity contribution is 5.76. The van der Waals surface area contributed by atoms with Crippen LogP contribution in [0.1, 0.15) is 64.7 Å². The van der Waals surface area contributed by atoms with E-state index in [2.05, 4.69) is 12.2 Å². The van der Waals surface area contributed by atoms with Crippen LogP contribution in [-0.4, -0.2) is 29.7 Å². The molecule has 0 aromatic rings. The second-order valence-electron chi connectivity index (χ2n) is 5.96. The van der Waals surface area contributed by atoms with Gasteiger partial charge in [0.25, 0.3) is 0 Å². The van der Waals surface area contributed by atoms with Crippen LogP contribution in [0.2, 0.25) is 0 Å². The van der Waals surface area contributed by atoms with Crippen LogP contribution < -0.4 is 11.1 Å². The summed E-state index contributed by atoms with van der Waals surface area (Å²) < 4.78 is 0. The molecule has 0 saturated heterocycles. The molecule has 4 N–H and O–H groups in total. The third-order valence-electron chi connectivity index (χ3n) is 4.32. The van der Waals surface area contributed by atoms with Crippen molar-refractivity contribution < 1.29 is 9.90 Å². The van der Waals surface area contributed by atoms with Crippen molar-refractivity contribution in [3.05, 3.63) is 0 Å². The molecule has 19 heavy (non-hydrogen) atoms. The third-order valence-corrected chi connectivity index (χ3v) is 4.32. The predicted molar refractivity (Wildman–Crippen MR) is 77.7 cm³/mol. The van der Waals surface area contributed by atoms with Gasteiger partial charge < -0.3 is 16.2 Å². The van der Waals surface area contributed by atoms with Crippen molar-refractivity contribution in [3.8, 4) is 0 Å². The van der Waals surface area contributed by atoms with E-state index in [1.807, 2.05) is 0 Å². The molecule has 112 valence electrons. The minimum atomic E-state index is -0.328. The van der Waals surface area contributed by atoms with Gasteiger partial charge in [0.1, 0.15) is 0 Å². The fraction of sp³-hybridized carbons (Fsp3) is 0.933. The summed E-state index contributed by atoms with van der Waals surface area (Å²) >= 11 is 0. The largest absolute Gasteiger partial charge is 0.394 e. The molecule has 4 nitrogen and oxygen atoms in total. The van der Waals surface area contributed by atoms with Gasteiger partial charge in [0.15, 0.2) is 0 Å². The zero-order valence-electron chi connectivity index (χ0n) is 12.3. The molecule has 0 aliphatic heterocycles. The Bertz CT molecular complexity index is 257. The first-order chi connectivity index (χ1) is 9.15. The maximum absolute atomic E-state index is 12.0. The molecule has 1 atom stereocenters. The summed E-state index contributed by atoms with van der Waals surface area (Å²) in [5.74, 6) is 0.656. The number of hydrogen-bond acceptors (Lipinski definition) is 3. The van der Waals surface area contributed by atoms with Gasteiger partial charge in [-0.25, -0.2) is 0 Å². The molecule has 1 aliphatic rings. The van der Waals surface area contributed by atoms with Gasteiger partial charge in [0.05, 0.1) is 12.1 Å². The molecule has 4 heteroatoms. The van der Waals surface area contributed by atoms with Gasteiger partial charge in [-0.1, -0.05) is 32.6 Å². The van der Waals surface area contributed by atoms with E-state index in [0.29, 0.717) is 18.9 Å². The van der Waals surface area contributed by atoms with Crippen molar-refractivity contribution in [1.82, 2.24) is 5.32 Å². The lowest BCUT2D eigenvalue weighted by atomic mass is 9.93. The molecule has 0 radical (unpaired) electrons. The van der Waals surface area contributed by atoms with Gasteiger partial charge in [-0.3, -0.25) is 4.79 Å². The molecule has 1 amide bonds. The quantitative estimate of drug-likeness (QED) is 0.599. The van der Waals surface area contributed by atoms with Crippen LogP contribution in [0.25, 0.3) is 0 Å². The zero-order chi connectivity index (χ0) is 14.1. The Morgan fingerprint density at radius 3 is 2.53 bits per heavy atom. The van der Waals surface area contributed by atoms with Crippen LogP contribution in [0.15, 0.2) is 0 Å². The first-order valence-electron chi connectivity index (χ1n) is 7.77. The van der Waals surface area contributed by atoms with Gasteiger partial charge in [-0.2, -0.15) is 0 Å². The van der Waals surface area contributed by atoms with Gasteiger partial charge in [0, 0.05) is 6.42 Å². The number of carbonyl (C=O) groups excluding carboxylic acids is 1. The Labute approximate surface area is 117 Å².